The first-order chi connectivity index (χ1) is 14.6. The number of hydrogen-bond acceptors (Lipinski definition) is 7. The van der Waals surface area contributed by atoms with Crippen molar-refractivity contribution in [2.45, 2.75) is 39.3 Å². The van der Waals surface area contributed by atoms with E-state index in [4.69, 9.17) is 10.5 Å². The van der Waals surface area contributed by atoms with E-state index in [9.17, 15) is 9.59 Å². The highest BCUT2D eigenvalue weighted by molar-refractivity contribution is 7.17. The molecule has 1 atom stereocenters. The average molecular weight is 440 g/mol. The van der Waals surface area contributed by atoms with Crippen LogP contribution in [0.5, 0.6) is 0 Å². The summed E-state index contributed by atoms with van der Waals surface area (Å²) < 4.78 is 5.28. The molecule has 3 rings (SSSR count). The molecule has 4 N–H and O–H groups in total. The molecule has 0 aliphatic rings. The van der Waals surface area contributed by atoms with Gasteiger partial charge >= 0.3 is 6.09 Å². The molecule has 8 nitrogen and oxygen atoms in total. The number of carbonyl (C=O) groups excluding carboxylic acids is 2. The standard InChI is InChI=1S/C22H25N5O3S/c1-13(14-6-5-7-15(12-14)26-21(29)30-22(2,3)4)25-19(28)18-9-8-17(31-18)16-10-11-24-20(23)27-16/h5-13H,1-4H3,(H,25,28)(H,26,29)(H2,23,24,27). The number of nitrogens with zero attached hydrogens (tertiary/aromatic N) is 2. The molecule has 0 aliphatic heterocycles. The van der Waals surface area contributed by atoms with Gasteiger partial charge in [0.05, 0.1) is 21.5 Å². The Labute approximate surface area is 184 Å². The molecular formula is C22H25N5O3S. The first-order valence-corrected chi connectivity index (χ1v) is 10.5. The fourth-order valence-electron chi connectivity index (χ4n) is 2.77. The summed E-state index contributed by atoms with van der Waals surface area (Å²) in [5, 5.41) is 5.69. The Hall–Kier alpha value is -3.46. The Morgan fingerprint density at radius 2 is 1.94 bits per heavy atom. The summed E-state index contributed by atoms with van der Waals surface area (Å²) in [5.74, 6) is -0.0123. The van der Waals surface area contributed by atoms with Crippen molar-refractivity contribution in [1.82, 2.24) is 15.3 Å². The third-order valence-electron chi connectivity index (χ3n) is 4.14. The van der Waals surface area contributed by atoms with Crippen LogP contribution in [0.2, 0.25) is 0 Å². The van der Waals surface area contributed by atoms with Crippen LogP contribution in [0.4, 0.5) is 16.4 Å². The Kier molecular flexibility index (Phi) is 6.55. The molecule has 0 saturated carbocycles. The van der Waals surface area contributed by atoms with E-state index in [1.807, 2.05) is 25.1 Å². The highest BCUT2D eigenvalue weighted by Crippen LogP contribution is 2.27. The summed E-state index contributed by atoms with van der Waals surface area (Å²) in [6.07, 6.45) is 1.05. The van der Waals surface area contributed by atoms with Crippen LogP contribution in [0.25, 0.3) is 10.6 Å². The van der Waals surface area contributed by atoms with E-state index in [-0.39, 0.29) is 17.9 Å². The molecule has 0 aliphatic carbocycles. The van der Waals surface area contributed by atoms with Crippen molar-refractivity contribution in [3.05, 3.63) is 59.1 Å². The molecule has 0 radical (unpaired) electrons. The van der Waals surface area contributed by atoms with Crippen LogP contribution in [-0.4, -0.2) is 27.6 Å². The van der Waals surface area contributed by atoms with Gasteiger partial charge in [-0.1, -0.05) is 12.1 Å². The average Bonchev–Trinajstić information content (AvgIpc) is 3.17. The molecule has 2 amide bonds. The zero-order valence-electron chi connectivity index (χ0n) is 17.8. The Morgan fingerprint density at radius 3 is 2.65 bits per heavy atom. The Bertz CT molecular complexity index is 1090. The number of thiophene rings is 1. The normalized spacial score (nSPS) is 12.1. The molecule has 2 heterocycles. The monoisotopic (exact) mass is 439 g/mol. The van der Waals surface area contributed by atoms with E-state index in [0.29, 0.717) is 16.3 Å². The van der Waals surface area contributed by atoms with Gasteiger partial charge in [0.2, 0.25) is 5.95 Å². The van der Waals surface area contributed by atoms with Gasteiger partial charge in [-0.25, -0.2) is 14.8 Å². The number of carbonyl (C=O) groups is 2. The number of rotatable bonds is 5. The molecule has 0 bridgehead atoms. The van der Waals surface area contributed by atoms with Crippen LogP contribution in [0, 0.1) is 0 Å². The first kappa shape index (κ1) is 22.2. The molecule has 31 heavy (non-hydrogen) atoms. The molecule has 1 unspecified atom stereocenters. The molecule has 3 aromatic rings. The maximum atomic E-state index is 12.7. The van der Waals surface area contributed by atoms with Gasteiger partial charge in [0.1, 0.15) is 5.60 Å². The summed E-state index contributed by atoms with van der Waals surface area (Å²) in [5.41, 5.74) is 7.16. The number of hydrogen-bond donors (Lipinski definition) is 3. The summed E-state index contributed by atoms with van der Waals surface area (Å²) in [7, 11) is 0. The van der Waals surface area contributed by atoms with E-state index in [0.717, 1.165) is 10.4 Å². The fraction of sp³-hybridized carbons (Fsp3) is 0.273. The number of amides is 2. The summed E-state index contributed by atoms with van der Waals surface area (Å²) in [6.45, 7) is 7.28. The van der Waals surface area contributed by atoms with E-state index in [1.54, 1.807) is 51.2 Å². The number of nitrogens with two attached hydrogens (primary N) is 1. The van der Waals surface area contributed by atoms with Crippen LogP contribution in [0.15, 0.2) is 48.7 Å². The van der Waals surface area contributed by atoms with Crippen LogP contribution in [-0.2, 0) is 4.74 Å². The first-order valence-electron chi connectivity index (χ1n) is 9.70. The van der Waals surface area contributed by atoms with E-state index >= 15 is 0 Å². The third kappa shape index (κ3) is 6.26. The second-order valence-corrected chi connectivity index (χ2v) is 9.00. The zero-order chi connectivity index (χ0) is 22.6. The lowest BCUT2D eigenvalue weighted by molar-refractivity contribution is 0.0635. The van der Waals surface area contributed by atoms with Gasteiger partial charge < -0.3 is 15.8 Å². The minimum absolute atomic E-state index is 0.186. The summed E-state index contributed by atoms with van der Waals surface area (Å²) in [4.78, 5) is 34.2. The second-order valence-electron chi connectivity index (χ2n) is 7.91. The predicted molar refractivity (Wildman–Crippen MR) is 122 cm³/mol. The number of nitrogens with one attached hydrogen (secondary N) is 2. The zero-order valence-corrected chi connectivity index (χ0v) is 18.6. The molecule has 0 spiro atoms. The lowest BCUT2D eigenvalue weighted by Crippen LogP contribution is -2.27. The second kappa shape index (κ2) is 9.13. The van der Waals surface area contributed by atoms with Crippen LogP contribution in [0.3, 0.4) is 0 Å². The minimum atomic E-state index is -0.583. The van der Waals surface area contributed by atoms with E-state index in [2.05, 4.69) is 20.6 Å². The van der Waals surface area contributed by atoms with Crippen LogP contribution >= 0.6 is 11.3 Å². The SMILES string of the molecule is CC(NC(=O)c1ccc(-c2ccnc(N)n2)s1)c1cccc(NC(=O)OC(C)(C)C)c1. The fourth-order valence-corrected chi connectivity index (χ4v) is 3.65. The van der Waals surface area contributed by atoms with Gasteiger partial charge in [0, 0.05) is 11.9 Å². The maximum Gasteiger partial charge on any atom is 0.412 e. The van der Waals surface area contributed by atoms with E-state index in [1.165, 1.54) is 11.3 Å². The van der Waals surface area contributed by atoms with Gasteiger partial charge in [0.15, 0.2) is 0 Å². The molecule has 2 aromatic heterocycles. The van der Waals surface area contributed by atoms with Crippen LogP contribution < -0.4 is 16.4 Å². The molecule has 0 saturated heterocycles. The Morgan fingerprint density at radius 1 is 1.16 bits per heavy atom. The largest absolute Gasteiger partial charge is 0.444 e. The van der Waals surface area contributed by atoms with Gasteiger partial charge in [-0.15, -0.1) is 11.3 Å². The van der Waals surface area contributed by atoms with Crippen LogP contribution in [0.1, 0.15) is 49.0 Å². The topological polar surface area (TPSA) is 119 Å². The quantitative estimate of drug-likeness (QED) is 0.533. The molecule has 162 valence electrons. The molecular weight excluding hydrogens is 414 g/mol. The number of nitrogen functional groups attached to an aromatic ring is 1. The molecule has 0 fully saturated rings. The van der Waals surface area contributed by atoms with Crippen molar-refractivity contribution in [1.29, 1.82) is 0 Å². The van der Waals surface area contributed by atoms with Crippen molar-refractivity contribution in [3.8, 4) is 10.6 Å². The van der Waals surface area contributed by atoms with Crippen molar-refractivity contribution in [3.63, 3.8) is 0 Å². The number of anilines is 2. The van der Waals surface area contributed by atoms with Gasteiger partial charge in [-0.2, -0.15) is 0 Å². The highest BCUT2D eigenvalue weighted by Gasteiger charge is 2.18. The van der Waals surface area contributed by atoms with E-state index < -0.39 is 11.7 Å². The lowest BCUT2D eigenvalue weighted by atomic mass is 10.1. The van der Waals surface area contributed by atoms with Gasteiger partial charge in [-0.05, 0) is 63.6 Å². The van der Waals surface area contributed by atoms with Crippen molar-refractivity contribution in [2.75, 3.05) is 11.1 Å². The predicted octanol–water partition coefficient (Wildman–Crippen LogP) is 4.63. The highest BCUT2D eigenvalue weighted by atomic mass is 32.1. The lowest BCUT2D eigenvalue weighted by Gasteiger charge is -2.20. The van der Waals surface area contributed by atoms with Gasteiger partial charge in [0.25, 0.3) is 5.91 Å². The summed E-state index contributed by atoms with van der Waals surface area (Å²) in [6, 6.07) is 12.3. The Balaban J connectivity index is 1.66. The number of aromatic nitrogens is 2. The molecule has 1 aromatic carbocycles. The summed E-state index contributed by atoms with van der Waals surface area (Å²) >= 11 is 1.33. The smallest absolute Gasteiger partial charge is 0.412 e. The van der Waals surface area contributed by atoms with Crippen molar-refractivity contribution >= 4 is 35.0 Å². The van der Waals surface area contributed by atoms with Gasteiger partial charge in [-0.3, -0.25) is 10.1 Å². The van der Waals surface area contributed by atoms with Crippen molar-refractivity contribution < 1.29 is 14.3 Å². The molecule has 9 heteroatoms. The number of benzene rings is 1. The number of ether oxygens (including phenoxy) is 1. The minimum Gasteiger partial charge on any atom is -0.444 e. The maximum absolute atomic E-state index is 12.7. The van der Waals surface area contributed by atoms with Crippen molar-refractivity contribution in [2.24, 2.45) is 0 Å². The third-order valence-corrected chi connectivity index (χ3v) is 5.24.